The lowest BCUT2D eigenvalue weighted by Gasteiger charge is -2.09. The van der Waals surface area contributed by atoms with Crippen LogP contribution in [0.25, 0.3) is 11.0 Å². The quantitative estimate of drug-likeness (QED) is 0.572. The Morgan fingerprint density at radius 3 is 2.88 bits per heavy atom. The molecule has 0 aliphatic heterocycles. The predicted molar refractivity (Wildman–Crippen MR) is 94.2 cm³/mol. The Labute approximate surface area is 151 Å². The summed E-state index contributed by atoms with van der Waals surface area (Å²) in [6, 6.07) is 5.52. The highest BCUT2D eigenvalue weighted by molar-refractivity contribution is 5.84. The van der Waals surface area contributed by atoms with Crippen molar-refractivity contribution < 1.29 is 28.2 Å². The van der Waals surface area contributed by atoms with Gasteiger partial charge in [-0.05, 0) is 37.5 Å². The number of hydrogen-bond acceptors (Lipinski definition) is 6. The molecule has 0 radical (unpaired) electrons. The molecule has 1 heterocycles. The topological polar surface area (TPSA) is 87.0 Å². The van der Waals surface area contributed by atoms with Gasteiger partial charge in [-0.1, -0.05) is 0 Å². The van der Waals surface area contributed by atoms with E-state index in [4.69, 9.17) is 18.6 Å². The minimum absolute atomic E-state index is 0.253. The van der Waals surface area contributed by atoms with Crippen molar-refractivity contribution in [3.8, 4) is 5.75 Å². The number of carbonyl (C=O) groups is 2. The Morgan fingerprint density at radius 1 is 1.19 bits per heavy atom. The number of carbonyl (C=O) groups excluding carboxylic acids is 2. The van der Waals surface area contributed by atoms with E-state index in [2.05, 4.69) is 5.32 Å². The number of ether oxygens (including phenoxy) is 3. The SMILES string of the molecule is COCCNC(=O)COC(=O)COc1ccc2oc3c(c2c1)CCCC3. The Hall–Kier alpha value is -2.54. The second-order valence-electron chi connectivity index (χ2n) is 6.16. The summed E-state index contributed by atoms with van der Waals surface area (Å²) in [4.78, 5) is 23.2. The first kappa shape index (κ1) is 18.3. The van der Waals surface area contributed by atoms with E-state index < -0.39 is 5.97 Å². The number of furan rings is 1. The van der Waals surface area contributed by atoms with E-state index >= 15 is 0 Å². The fourth-order valence-corrected chi connectivity index (χ4v) is 3.01. The zero-order valence-corrected chi connectivity index (χ0v) is 14.8. The lowest BCUT2D eigenvalue weighted by Crippen LogP contribution is -2.32. The van der Waals surface area contributed by atoms with Gasteiger partial charge in [-0.2, -0.15) is 0 Å². The molecule has 1 aromatic heterocycles. The molecular formula is C19H23NO6. The summed E-state index contributed by atoms with van der Waals surface area (Å²) in [7, 11) is 1.54. The molecule has 0 unspecified atom stereocenters. The number of methoxy groups -OCH3 is 1. The standard InChI is InChI=1S/C19H23NO6/c1-23-9-8-20-18(21)11-25-19(22)12-24-13-6-7-17-15(10-13)14-4-2-3-5-16(14)26-17/h6-7,10H,2-5,8-9,11-12H2,1H3,(H,20,21). The van der Waals surface area contributed by atoms with E-state index in [1.165, 1.54) is 5.56 Å². The average molecular weight is 361 g/mol. The highest BCUT2D eigenvalue weighted by Crippen LogP contribution is 2.33. The molecule has 0 saturated heterocycles. The second-order valence-corrected chi connectivity index (χ2v) is 6.16. The highest BCUT2D eigenvalue weighted by atomic mass is 16.6. The monoisotopic (exact) mass is 361 g/mol. The maximum Gasteiger partial charge on any atom is 0.344 e. The third-order valence-electron chi connectivity index (χ3n) is 4.28. The largest absolute Gasteiger partial charge is 0.482 e. The van der Waals surface area contributed by atoms with Crippen molar-refractivity contribution in [1.29, 1.82) is 0 Å². The summed E-state index contributed by atoms with van der Waals surface area (Å²) >= 11 is 0. The minimum Gasteiger partial charge on any atom is -0.482 e. The molecular weight excluding hydrogens is 338 g/mol. The first-order valence-corrected chi connectivity index (χ1v) is 8.75. The third kappa shape index (κ3) is 4.54. The normalized spacial score (nSPS) is 13.3. The Bertz CT molecular complexity index is 782. The second kappa shape index (κ2) is 8.71. The van der Waals surface area contributed by atoms with Crippen molar-refractivity contribution in [3.05, 3.63) is 29.5 Å². The number of hydrogen-bond donors (Lipinski definition) is 1. The zero-order chi connectivity index (χ0) is 18.4. The van der Waals surface area contributed by atoms with Crippen LogP contribution < -0.4 is 10.1 Å². The van der Waals surface area contributed by atoms with Gasteiger partial charge < -0.3 is 23.9 Å². The van der Waals surface area contributed by atoms with E-state index in [1.54, 1.807) is 13.2 Å². The fourth-order valence-electron chi connectivity index (χ4n) is 3.01. The van der Waals surface area contributed by atoms with Crippen molar-refractivity contribution >= 4 is 22.8 Å². The van der Waals surface area contributed by atoms with Crippen LogP contribution in [-0.2, 0) is 31.9 Å². The van der Waals surface area contributed by atoms with Gasteiger partial charge >= 0.3 is 5.97 Å². The molecule has 0 bridgehead atoms. The number of rotatable bonds is 8. The number of nitrogens with one attached hydrogen (secondary N) is 1. The number of aryl methyl sites for hydroxylation is 2. The van der Waals surface area contributed by atoms with Gasteiger partial charge in [0.25, 0.3) is 5.91 Å². The lowest BCUT2D eigenvalue weighted by atomic mass is 9.96. The van der Waals surface area contributed by atoms with Crippen LogP contribution in [0, 0.1) is 0 Å². The molecule has 1 aliphatic carbocycles. The van der Waals surface area contributed by atoms with Crippen molar-refractivity contribution in [1.82, 2.24) is 5.32 Å². The summed E-state index contributed by atoms with van der Waals surface area (Å²) in [6.45, 7) is 0.193. The average Bonchev–Trinajstić information content (AvgIpc) is 3.03. The molecule has 0 atom stereocenters. The molecule has 7 nitrogen and oxygen atoms in total. The molecule has 140 valence electrons. The van der Waals surface area contributed by atoms with E-state index in [-0.39, 0.29) is 19.1 Å². The van der Waals surface area contributed by atoms with E-state index in [1.807, 2.05) is 12.1 Å². The third-order valence-corrected chi connectivity index (χ3v) is 4.28. The first-order chi connectivity index (χ1) is 12.7. The van der Waals surface area contributed by atoms with Gasteiger partial charge in [-0.15, -0.1) is 0 Å². The molecule has 1 aliphatic rings. The molecule has 2 aromatic rings. The van der Waals surface area contributed by atoms with Gasteiger partial charge in [0, 0.05) is 31.0 Å². The molecule has 26 heavy (non-hydrogen) atoms. The molecule has 0 spiro atoms. The summed E-state index contributed by atoms with van der Waals surface area (Å²) in [5.41, 5.74) is 2.09. The minimum atomic E-state index is -0.596. The van der Waals surface area contributed by atoms with Crippen molar-refractivity contribution in [3.63, 3.8) is 0 Å². The zero-order valence-electron chi connectivity index (χ0n) is 14.8. The molecule has 7 heteroatoms. The summed E-state index contributed by atoms with van der Waals surface area (Å²) in [5.74, 6) is 0.665. The van der Waals surface area contributed by atoms with Gasteiger partial charge in [-0.3, -0.25) is 4.79 Å². The van der Waals surface area contributed by atoms with Crippen molar-refractivity contribution in [2.75, 3.05) is 33.5 Å². The van der Waals surface area contributed by atoms with Crippen LogP contribution in [0.15, 0.2) is 22.6 Å². The van der Waals surface area contributed by atoms with Crippen LogP contribution >= 0.6 is 0 Å². The van der Waals surface area contributed by atoms with Crippen LogP contribution in [0.2, 0.25) is 0 Å². The van der Waals surface area contributed by atoms with Gasteiger partial charge in [0.05, 0.1) is 6.61 Å². The number of benzene rings is 1. The summed E-state index contributed by atoms with van der Waals surface area (Å²) in [5, 5.41) is 3.61. The van der Waals surface area contributed by atoms with Crippen molar-refractivity contribution in [2.45, 2.75) is 25.7 Å². The Kier molecular flexibility index (Phi) is 6.12. The molecule has 3 rings (SSSR count). The van der Waals surface area contributed by atoms with Crippen LogP contribution in [-0.4, -0.2) is 45.4 Å². The molecule has 0 fully saturated rings. The van der Waals surface area contributed by atoms with E-state index in [0.29, 0.717) is 18.9 Å². The van der Waals surface area contributed by atoms with Crippen molar-refractivity contribution in [2.24, 2.45) is 0 Å². The summed E-state index contributed by atoms with van der Waals surface area (Å²) in [6.07, 6.45) is 4.29. The molecule has 0 saturated carbocycles. The molecule has 1 aromatic carbocycles. The Balaban J connectivity index is 1.50. The molecule has 1 N–H and O–H groups in total. The molecule has 1 amide bonds. The smallest absolute Gasteiger partial charge is 0.344 e. The van der Waals surface area contributed by atoms with Crippen LogP contribution in [0.4, 0.5) is 0 Å². The highest BCUT2D eigenvalue weighted by Gasteiger charge is 2.18. The maximum absolute atomic E-state index is 11.7. The number of fused-ring (bicyclic) bond motifs is 3. The number of amides is 1. The van der Waals surface area contributed by atoms with Gasteiger partial charge in [0.2, 0.25) is 0 Å². The Morgan fingerprint density at radius 2 is 2.04 bits per heavy atom. The van der Waals surface area contributed by atoms with Crippen LogP contribution in [0.5, 0.6) is 5.75 Å². The summed E-state index contributed by atoms with van der Waals surface area (Å²) < 4.78 is 21.1. The lowest BCUT2D eigenvalue weighted by molar-refractivity contribution is -0.150. The van der Waals surface area contributed by atoms with Gasteiger partial charge in [0.1, 0.15) is 17.1 Å². The maximum atomic E-state index is 11.7. The first-order valence-electron chi connectivity index (χ1n) is 8.75. The van der Waals surface area contributed by atoms with Crippen LogP contribution in [0.1, 0.15) is 24.2 Å². The fraction of sp³-hybridized carbons (Fsp3) is 0.474. The van der Waals surface area contributed by atoms with Gasteiger partial charge in [-0.25, -0.2) is 4.79 Å². The van der Waals surface area contributed by atoms with Gasteiger partial charge in [0.15, 0.2) is 13.2 Å². The van der Waals surface area contributed by atoms with E-state index in [0.717, 1.165) is 42.4 Å². The predicted octanol–water partition coefficient (Wildman–Crippen LogP) is 2.00. The number of esters is 1. The van der Waals surface area contributed by atoms with Crippen LogP contribution in [0.3, 0.4) is 0 Å². The van der Waals surface area contributed by atoms with E-state index in [9.17, 15) is 9.59 Å².